The Labute approximate surface area is 185 Å². The number of carbonyl (C=O) groups is 1. The molecule has 6 nitrogen and oxygen atoms in total. The van der Waals surface area contributed by atoms with E-state index < -0.39 is 15.9 Å². The molecule has 0 unspecified atom stereocenters. The van der Waals surface area contributed by atoms with Crippen LogP contribution in [0.25, 0.3) is 10.9 Å². The third-order valence-electron chi connectivity index (χ3n) is 4.42. The monoisotopic (exact) mass is 465 g/mol. The number of fused-ring (bicyclic) bond motifs is 1. The number of hydrogen-bond donors (Lipinski definition) is 1. The van der Waals surface area contributed by atoms with Crippen LogP contribution in [0.2, 0.25) is 10.0 Å². The second kappa shape index (κ2) is 9.31. The van der Waals surface area contributed by atoms with E-state index >= 15 is 0 Å². The van der Waals surface area contributed by atoms with Crippen molar-refractivity contribution in [3.63, 3.8) is 0 Å². The Bertz CT molecular complexity index is 1200. The maximum Gasteiger partial charge on any atom is 0.245 e. The van der Waals surface area contributed by atoms with E-state index in [1.165, 1.54) is 12.1 Å². The molecule has 0 radical (unpaired) electrons. The molecule has 1 aromatic heterocycles. The van der Waals surface area contributed by atoms with E-state index in [0.717, 1.165) is 15.3 Å². The lowest BCUT2D eigenvalue weighted by atomic mass is 10.2. The van der Waals surface area contributed by atoms with E-state index in [4.69, 9.17) is 23.2 Å². The molecule has 0 atom stereocenters. The van der Waals surface area contributed by atoms with Gasteiger partial charge in [-0.2, -0.15) is 4.31 Å². The Morgan fingerprint density at radius 2 is 1.93 bits per heavy atom. The fourth-order valence-electron chi connectivity index (χ4n) is 3.07. The molecule has 0 saturated carbocycles. The average molecular weight is 466 g/mol. The summed E-state index contributed by atoms with van der Waals surface area (Å²) < 4.78 is 27.9. The van der Waals surface area contributed by atoms with Gasteiger partial charge in [0.25, 0.3) is 0 Å². The summed E-state index contributed by atoms with van der Waals surface area (Å²) in [6, 6.07) is 11.5. The molecule has 1 heterocycles. The number of hydrogen-bond acceptors (Lipinski definition) is 4. The van der Waals surface area contributed by atoms with Crippen LogP contribution in [0.5, 0.6) is 0 Å². The normalized spacial score (nSPS) is 11.8. The molecular formula is C21H21Cl2N3O3S. The van der Waals surface area contributed by atoms with Crippen LogP contribution in [-0.4, -0.2) is 36.7 Å². The van der Waals surface area contributed by atoms with Crippen molar-refractivity contribution < 1.29 is 13.2 Å². The molecule has 0 fully saturated rings. The van der Waals surface area contributed by atoms with Crippen LogP contribution < -0.4 is 5.32 Å². The molecule has 30 heavy (non-hydrogen) atoms. The van der Waals surface area contributed by atoms with Gasteiger partial charge in [-0.3, -0.25) is 9.78 Å². The fourth-order valence-corrected chi connectivity index (χ4v) is 5.06. The minimum Gasteiger partial charge on any atom is -0.324 e. The van der Waals surface area contributed by atoms with Crippen molar-refractivity contribution in [2.45, 2.75) is 25.2 Å². The molecule has 0 aliphatic heterocycles. The van der Waals surface area contributed by atoms with Gasteiger partial charge in [-0.15, -0.1) is 0 Å². The maximum absolute atomic E-state index is 13.4. The topological polar surface area (TPSA) is 79.4 Å². The third-order valence-corrected chi connectivity index (χ3v) is 6.87. The zero-order valence-corrected chi connectivity index (χ0v) is 18.9. The first kappa shape index (κ1) is 22.5. The molecule has 2 aromatic carbocycles. The van der Waals surface area contributed by atoms with Gasteiger partial charge in [0, 0.05) is 23.2 Å². The highest BCUT2D eigenvalue weighted by Crippen LogP contribution is 2.27. The zero-order chi connectivity index (χ0) is 21.9. The lowest BCUT2D eigenvalue weighted by Gasteiger charge is -2.22. The van der Waals surface area contributed by atoms with Gasteiger partial charge in [-0.25, -0.2) is 8.42 Å². The molecule has 0 spiro atoms. The lowest BCUT2D eigenvalue weighted by Crippen LogP contribution is -2.38. The van der Waals surface area contributed by atoms with Gasteiger partial charge in [-0.1, -0.05) is 42.3 Å². The zero-order valence-electron chi connectivity index (χ0n) is 16.5. The minimum absolute atomic E-state index is 0.0713. The number of aryl methyl sites for hydroxylation is 1. The number of aromatic nitrogens is 1. The number of pyridine rings is 1. The molecule has 3 rings (SSSR count). The van der Waals surface area contributed by atoms with Crippen molar-refractivity contribution >= 4 is 55.7 Å². The molecule has 9 heteroatoms. The number of carbonyl (C=O) groups excluding carboxylic acids is 1. The smallest absolute Gasteiger partial charge is 0.245 e. The standard InChI is InChI=1S/C21H21Cl2N3O3S/c1-3-9-26(13-20(27)25-18-11-16(22)7-8-17(18)23)30(28,29)19-6-4-5-15-10-14(2)12-24-21(15)19/h4-8,10-12H,3,9,13H2,1-2H3,(H,25,27). The van der Waals surface area contributed by atoms with Gasteiger partial charge in [-0.05, 0) is 49.2 Å². The van der Waals surface area contributed by atoms with Crippen LogP contribution in [0.4, 0.5) is 5.69 Å². The number of anilines is 1. The van der Waals surface area contributed by atoms with Gasteiger partial charge in [0.2, 0.25) is 15.9 Å². The largest absolute Gasteiger partial charge is 0.324 e. The fraction of sp³-hybridized carbons (Fsp3) is 0.238. The number of rotatable bonds is 7. The maximum atomic E-state index is 13.4. The van der Waals surface area contributed by atoms with Gasteiger partial charge >= 0.3 is 0 Å². The summed E-state index contributed by atoms with van der Waals surface area (Å²) >= 11 is 12.0. The Morgan fingerprint density at radius 3 is 2.67 bits per heavy atom. The lowest BCUT2D eigenvalue weighted by molar-refractivity contribution is -0.116. The van der Waals surface area contributed by atoms with E-state index in [9.17, 15) is 13.2 Å². The highest BCUT2D eigenvalue weighted by atomic mass is 35.5. The van der Waals surface area contributed by atoms with E-state index in [1.807, 2.05) is 26.0 Å². The Morgan fingerprint density at radius 1 is 1.17 bits per heavy atom. The molecule has 3 aromatic rings. The Kier molecular flexibility index (Phi) is 6.98. The number of nitrogens with one attached hydrogen (secondary N) is 1. The molecule has 0 saturated heterocycles. The molecule has 0 aliphatic carbocycles. The Balaban J connectivity index is 1.92. The van der Waals surface area contributed by atoms with Gasteiger partial charge in [0.05, 0.1) is 22.8 Å². The predicted octanol–water partition coefficient (Wildman–Crippen LogP) is 4.89. The quantitative estimate of drug-likeness (QED) is 0.538. The van der Waals surface area contributed by atoms with E-state index in [2.05, 4.69) is 10.3 Å². The van der Waals surface area contributed by atoms with Gasteiger partial charge < -0.3 is 5.32 Å². The first-order valence-electron chi connectivity index (χ1n) is 9.33. The van der Waals surface area contributed by atoms with Crippen molar-refractivity contribution in [2.75, 3.05) is 18.4 Å². The molecular weight excluding hydrogens is 445 g/mol. The molecule has 0 aliphatic rings. The van der Waals surface area contributed by atoms with Crippen LogP contribution in [0.15, 0.2) is 53.6 Å². The van der Waals surface area contributed by atoms with Crippen LogP contribution in [0, 0.1) is 6.92 Å². The summed E-state index contributed by atoms with van der Waals surface area (Å²) in [7, 11) is -3.96. The van der Waals surface area contributed by atoms with Gasteiger partial charge in [0.15, 0.2) is 0 Å². The van der Waals surface area contributed by atoms with Crippen molar-refractivity contribution in [3.8, 4) is 0 Å². The summed E-state index contributed by atoms with van der Waals surface area (Å²) in [5.74, 6) is -0.514. The number of para-hydroxylation sites is 1. The van der Waals surface area contributed by atoms with Crippen LogP contribution in [-0.2, 0) is 14.8 Å². The first-order chi connectivity index (χ1) is 14.2. The number of sulfonamides is 1. The highest BCUT2D eigenvalue weighted by Gasteiger charge is 2.28. The average Bonchev–Trinajstić information content (AvgIpc) is 2.69. The van der Waals surface area contributed by atoms with Crippen LogP contribution in [0.3, 0.4) is 0 Å². The second-order valence-corrected chi connectivity index (χ2v) is 9.60. The summed E-state index contributed by atoms with van der Waals surface area (Å²) in [4.78, 5) is 17.0. The van der Waals surface area contributed by atoms with Crippen molar-refractivity contribution in [1.82, 2.24) is 9.29 Å². The third kappa shape index (κ3) is 4.92. The van der Waals surface area contributed by atoms with Crippen molar-refractivity contribution in [1.29, 1.82) is 0 Å². The number of nitrogens with zero attached hydrogens (tertiary/aromatic N) is 2. The van der Waals surface area contributed by atoms with Crippen LogP contribution in [0.1, 0.15) is 18.9 Å². The minimum atomic E-state index is -3.96. The van der Waals surface area contributed by atoms with E-state index in [1.54, 1.807) is 24.4 Å². The molecule has 0 bridgehead atoms. The Hall–Kier alpha value is -2.19. The van der Waals surface area contributed by atoms with Crippen molar-refractivity contribution in [3.05, 3.63) is 64.3 Å². The second-order valence-electron chi connectivity index (χ2n) is 6.85. The van der Waals surface area contributed by atoms with E-state index in [-0.39, 0.29) is 18.0 Å². The summed E-state index contributed by atoms with van der Waals surface area (Å²) in [6.07, 6.45) is 2.17. The van der Waals surface area contributed by atoms with Crippen LogP contribution >= 0.6 is 23.2 Å². The molecule has 158 valence electrons. The van der Waals surface area contributed by atoms with Crippen molar-refractivity contribution in [2.24, 2.45) is 0 Å². The van der Waals surface area contributed by atoms with Gasteiger partial charge in [0.1, 0.15) is 4.90 Å². The summed E-state index contributed by atoms with van der Waals surface area (Å²) in [5, 5.41) is 4.07. The first-order valence-corrected chi connectivity index (χ1v) is 11.5. The summed E-state index contributed by atoms with van der Waals surface area (Å²) in [5.41, 5.74) is 1.63. The SMILES string of the molecule is CCCN(CC(=O)Nc1cc(Cl)ccc1Cl)S(=O)(=O)c1cccc2cc(C)cnc12. The number of amides is 1. The predicted molar refractivity (Wildman–Crippen MR) is 121 cm³/mol. The summed E-state index contributed by atoms with van der Waals surface area (Å²) in [6.45, 7) is 3.56. The molecule has 1 amide bonds. The number of benzene rings is 2. The highest BCUT2D eigenvalue weighted by molar-refractivity contribution is 7.89. The van der Waals surface area contributed by atoms with E-state index in [0.29, 0.717) is 27.7 Å². The number of halogens is 2. The molecule has 1 N–H and O–H groups in total.